The highest BCUT2D eigenvalue weighted by Crippen LogP contribution is 2.42. The molecule has 0 amide bonds. The third-order valence-corrected chi connectivity index (χ3v) is 4.85. The van der Waals surface area contributed by atoms with E-state index in [1.54, 1.807) is 31.6 Å². The Morgan fingerprint density at radius 3 is 2.83 bits per heavy atom. The van der Waals surface area contributed by atoms with Crippen molar-refractivity contribution in [3.05, 3.63) is 62.2 Å². The summed E-state index contributed by atoms with van der Waals surface area (Å²) in [6.07, 6.45) is 3.25. The summed E-state index contributed by atoms with van der Waals surface area (Å²) in [5.41, 5.74) is 1.21. The van der Waals surface area contributed by atoms with Crippen molar-refractivity contribution in [3.63, 3.8) is 0 Å². The maximum Gasteiger partial charge on any atom is 0.334 e. The van der Waals surface area contributed by atoms with Crippen molar-refractivity contribution in [1.82, 2.24) is 10.3 Å². The summed E-state index contributed by atoms with van der Waals surface area (Å²) in [6.45, 7) is 3.20. The normalized spacial score (nSPS) is 18.3. The van der Waals surface area contributed by atoms with Crippen molar-refractivity contribution in [2.75, 3.05) is 0 Å². The number of fused-ring (bicyclic) bond motifs is 1. The molecule has 0 bridgehead atoms. The van der Waals surface area contributed by atoms with Gasteiger partial charge in [-0.15, -0.1) is 11.3 Å². The summed E-state index contributed by atoms with van der Waals surface area (Å²) in [4.78, 5) is 26.8. The second kappa shape index (κ2) is 5.47. The van der Waals surface area contributed by atoms with E-state index in [0.29, 0.717) is 17.0 Å². The molecule has 1 aliphatic rings. The van der Waals surface area contributed by atoms with Gasteiger partial charge in [0, 0.05) is 28.2 Å². The maximum atomic E-state index is 11.7. The smallest absolute Gasteiger partial charge is 0.334 e. The third kappa shape index (κ3) is 2.36. The zero-order chi connectivity index (χ0) is 16.7. The van der Waals surface area contributed by atoms with E-state index in [1.165, 1.54) is 11.3 Å². The van der Waals surface area contributed by atoms with Crippen molar-refractivity contribution >= 4 is 27.4 Å². The van der Waals surface area contributed by atoms with Gasteiger partial charge < -0.3 is 10.4 Å². The van der Waals surface area contributed by atoms with Gasteiger partial charge in [-0.25, -0.2) is 4.79 Å². The van der Waals surface area contributed by atoms with E-state index in [2.05, 4.69) is 10.3 Å². The number of hydrogen-bond acceptors (Lipinski definition) is 6. The second-order valence-corrected chi connectivity index (χ2v) is 6.14. The molecule has 3 heterocycles. The first kappa shape index (κ1) is 15.2. The van der Waals surface area contributed by atoms with Crippen LogP contribution in [-0.2, 0) is 4.79 Å². The van der Waals surface area contributed by atoms with Crippen LogP contribution in [0.2, 0.25) is 0 Å². The number of aliphatic carboxylic acids is 1. The molecule has 23 heavy (non-hydrogen) atoms. The van der Waals surface area contributed by atoms with Gasteiger partial charge in [-0.05, 0) is 30.9 Å². The lowest BCUT2D eigenvalue weighted by Gasteiger charge is -2.24. The first-order chi connectivity index (χ1) is 10.9. The number of rotatable bonds is 3. The predicted molar refractivity (Wildman–Crippen MR) is 85.5 cm³/mol. The van der Waals surface area contributed by atoms with Crippen LogP contribution in [0.5, 0.6) is 0 Å². The molecule has 0 unspecified atom stereocenters. The lowest BCUT2D eigenvalue weighted by Crippen LogP contribution is -2.30. The number of dihydropyridines is 1. The zero-order valence-electron chi connectivity index (χ0n) is 12.4. The Balaban J connectivity index is 2.31. The van der Waals surface area contributed by atoms with Crippen molar-refractivity contribution in [2.45, 2.75) is 19.8 Å². The SMILES string of the molecule is CC1=C(C(=O)O)[C@H](c2csc3ccncc23)C([N+](=O)[O-])=C(C)N1. The predicted octanol–water partition coefficient (Wildman–Crippen LogP) is 2.85. The molecule has 118 valence electrons. The van der Waals surface area contributed by atoms with Crippen LogP contribution in [0.4, 0.5) is 0 Å². The molecule has 1 atom stereocenters. The number of pyridine rings is 1. The summed E-state index contributed by atoms with van der Waals surface area (Å²) in [5.74, 6) is -2.10. The number of carboxylic acid groups (broad SMARTS) is 1. The van der Waals surface area contributed by atoms with E-state index in [4.69, 9.17) is 0 Å². The number of nitrogens with one attached hydrogen (secondary N) is 1. The molecule has 0 saturated heterocycles. The molecule has 0 aliphatic carbocycles. The van der Waals surface area contributed by atoms with Crippen LogP contribution < -0.4 is 5.32 Å². The van der Waals surface area contributed by atoms with Gasteiger partial charge >= 0.3 is 5.97 Å². The highest BCUT2D eigenvalue weighted by molar-refractivity contribution is 7.17. The lowest BCUT2D eigenvalue weighted by molar-refractivity contribution is -0.431. The quantitative estimate of drug-likeness (QED) is 0.662. The first-order valence-electron chi connectivity index (χ1n) is 6.79. The molecule has 0 fully saturated rings. The average Bonchev–Trinajstić information content (AvgIpc) is 2.89. The lowest BCUT2D eigenvalue weighted by atomic mass is 9.84. The number of thiophene rings is 1. The van der Waals surface area contributed by atoms with Crippen molar-refractivity contribution < 1.29 is 14.8 Å². The fraction of sp³-hybridized carbons (Fsp3) is 0.200. The molecule has 2 aromatic rings. The van der Waals surface area contributed by atoms with Crippen LogP contribution in [0.15, 0.2) is 46.5 Å². The average molecular weight is 331 g/mol. The topological polar surface area (TPSA) is 105 Å². The molecule has 0 aromatic carbocycles. The van der Waals surface area contributed by atoms with E-state index in [1.807, 2.05) is 6.07 Å². The standard InChI is InChI=1S/C15H13N3O4S/c1-7-12(15(19)20)13(14(18(21)22)8(2)17-7)10-6-23-11-3-4-16-5-9(10)11/h3-6,13,17H,1-2H3,(H,19,20)/t13-/m0/s1. The number of carbonyl (C=O) groups is 1. The van der Waals surface area contributed by atoms with E-state index >= 15 is 0 Å². The van der Waals surface area contributed by atoms with Gasteiger partial charge in [0.15, 0.2) is 0 Å². The Bertz CT molecular complexity index is 861. The van der Waals surface area contributed by atoms with Gasteiger partial charge in [-0.1, -0.05) is 0 Å². The molecule has 0 saturated carbocycles. The van der Waals surface area contributed by atoms with E-state index in [9.17, 15) is 20.0 Å². The van der Waals surface area contributed by atoms with Gasteiger partial charge in [0.05, 0.1) is 16.2 Å². The molecule has 1 aliphatic heterocycles. The Morgan fingerprint density at radius 2 is 2.17 bits per heavy atom. The van der Waals surface area contributed by atoms with Crippen LogP contribution in [0.25, 0.3) is 10.1 Å². The minimum absolute atomic E-state index is 0.00847. The first-order valence-corrected chi connectivity index (χ1v) is 7.67. The molecule has 7 nitrogen and oxygen atoms in total. The number of nitro groups is 1. The largest absolute Gasteiger partial charge is 0.478 e. The number of carboxylic acids is 1. The van der Waals surface area contributed by atoms with Gasteiger partial charge in [-0.3, -0.25) is 15.1 Å². The summed E-state index contributed by atoms with van der Waals surface area (Å²) in [5, 5.41) is 26.5. The van der Waals surface area contributed by atoms with Crippen LogP contribution in [0, 0.1) is 10.1 Å². The van der Waals surface area contributed by atoms with Crippen LogP contribution >= 0.6 is 11.3 Å². The summed E-state index contributed by atoms with van der Waals surface area (Å²) in [6, 6.07) is 1.81. The number of allylic oxidation sites excluding steroid dienone is 3. The van der Waals surface area contributed by atoms with Gasteiger partial charge in [-0.2, -0.15) is 0 Å². The Labute approximate surface area is 135 Å². The maximum absolute atomic E-state index is 11.7. The molecule has 0 spiro atoms. The third-order valence-electron chi connectivity index (χ3n) is 3.87. The summed E-state index contributed by atoms with van der Waals surface area (Å²) >= 11 is 1.42. The molecule has 8 heteroatoms. The molecular formula is C15H13N3O4S. The van der Waals surface area contributed by atoms with Gasteiger partial charge in [0.1, 0.15) is 5.92 Å². The van der Waals surface area contributed by atoms with Gasteiger partial charge in [0.25, 0.3) is 5.70 Å². The molecule has 0 radical (unpaired) electrons. The number of aromatic nitrogens is 1. The molecular weight excluding hydrogens is 318 g/mol. The fourth-order valence-electron chi connectivity index (χ4n) is 2.93. The molecule has 3 rings (SSSR count). The minimum Gasteiger partial charge on any atom is -0.478 e. The van der Waals surface area contributed by atoms with Crippen molar-refractivity contribution in [2.24, 2.45) is 0 Å². The Kier molecular flexibility index (Phi) is 3.61. The van der Waals surface area contributed by atoms with E-state index in [-0.39, 0.29) is 11.3 Å². The van der Waals surface area contributed by atoms with Crippen molar-refractivity contribution in [1.29, 1.82) is 0 Å². The van der Waals surface area contributed by atoms with Crippen LogP contribution in [-0.4, -0.2) is 21.0 Å². The highest BCUT2D eigenvalue weighted by atomic mass is 32.1. The van der Waals surface area contributed by atoms with E-state index in [0.717, 1.165) is 10.1 Å². The second-order valence-electron chi connectivity index (χ2n) is 5.23. The zero-order valence-corrected chi connectivity index (χ0v) is 13.2. The Morgan fingerprint density at radius 1 is 1.43 bits per heavy atom. The molecule has 2 aromatic heterocycles. The van der Waals surface area contributed by atoms with E-state index < -0.39 is 16.8 Å². The fourth-order valence-corrected chi connectivity index (χ4v) is 3.88. The van der Waals surface area contributed by atoms with Crippen LogP contribution in [0.3, 0.4) is 0 Å². The summed E-state index contributed by atoms with van der Waals surface area (Å²) in [7, 11) is 0. The number of hydrogen-bond donors (Lipinski definition) is 2. The van der Waals surface area contributed by atoms with Crippen molar-refractivity contribution in [3.8, 4) is 0 Å². The minimum atomic E-state index is -1.17. The van der Waals surface area contributed by atoms with Crippen LogP contribution in [0.1, 0.15) is 25.3 Å². The summed E-state index contributed by atoms with van der Waals surface area (Å²) < 4.78 is 0.913. The molecule has 2 N–H and O–H groups in total. The van der Waals surface area contributed by atoms with Gasteiger partial charge in [0.2, 0.25) is 0 Å². The number of nitrogens with zero attached hydrogens (tertiary/aromatic N) is 2. The highest BCUT2D eigenvalue weighted by Gasteiger charge is 2.41. The Hall–Kier alpha value is -2.74. The monoisotopic (exact) mass is 331 g/mol.